The number of halogens is 1. The summed E-state index contributed by atoms with van der Waals surface area (Å²) in [5.41, 5.74) is 5.89. The lowest BCUT2D eigenvalue weighted by molar-refractivity contribution is 0.112. The van der Waals surface area contributed by atoms with Crippen LogP contribution in [0.2, 0.25) is 0 Å². The first-order valence-corrected chi connectivity index (χ1v) is 3.71. The van der Waals surface area contributed by atoms with Crippen molar-refractivity contribution in [2.45, 2.75) is 0 Å². The molecule has 0 aliphatic heterocycles. The van der Waals surface area contributed by atoms with E-state index >= 15 is 0 Å². The van der Waals surface area contributed by atoms with Crippen LogP contribution in [0.4, 0.5) is 4.39 Å². The Kier molecular flexibility index (Phi) is 3.18. The van der Waals surface area contributed by atoms with Crippen molar-refractivity contribution in [3.63, 3.8) is 0 Å². The molecule has 66 valence electrons. The van der Waals surface area contributed by atoms with Crippen LogP contribution in [0, 0.1) is 17.7 Å². The lowest BCUT2D eigenvalue weighted by Gasteiger charge is -1.93. The fourth-order valence-electron chi connectivity index (χ4n) is 0.906. The molecule has 0 saturated heterocycles. The van der Waals surface area contributed by atoms with Gasteiger partial charge >= 0.3 is 0 Å². The van der Waals surface area contributed by atoms with Gasteiger partial charge in [-0.05, 0) is 18.2 Å². The van der Waals surface area contributed by atoms with Gasteiger partial charge in [-0.2, -0.15) is 0 Å². The second-order valence-electron chi connectivity index (χ2n) is 2.40. The zero-order valence-electron chi connectivity index (χ0n) is 6.88. The number of carbonyl (C=O) groups excluding carboxylic acids is 1. The van der Waals surface area contributed by atoms with E-state index in [1.807, 2.05) is 0 Å². The fourth-order valence-corrected chi connectivity index (χ4v) is 0.906. The van der Waals surface area contributed by atoms with Crippen LogP contribution in [0.25, 0.3) is 0 Å². The highest BCUT2D eigenvalue weighted by molar-refractivity contribution is 5.75. The van der Waals surface area contributed by atoms with Crippen LogP contribution in [0.1, 0.15) is 15.9 Å². The van der Waals surface area contributed by atoms with Gasteiger partial charge in [0.2, 0.25) is 0 Å². The summed E-state index contributed by atoms with van der Waals surface area (Å²) in [4.78, 5) is 10.3. The molecule has 1 aromatic carbocycles. The molecule has 0 unspecified atom stereocenters. The van der Waals surface area contributed by atoms with Crippen molar-refractivity contribution < 1.29 is 9.18 Å². The SMILES string of the molecule is NCC#Cc1cc(F)cc(C=O)c1. The first kappa shape index (κ1) is 9.43. The third kappa shape index (κ3) is 2.69. The summed E-state index contributed by atoms with van der Waals surface area (Å²) in [5.74, 6) is 4.76. The van der Waals surface area contributed by atoms with Gasteiger partial charge in [-0.15, -0.1) is 0 Å². The quantitative estimate of drug-likeness (QED) is 0.512. The largest absolute Gasteiger partial charge is 0.320 e. The summed E-state index contributed by atoms with van der Waals surface area (Å²) in [6.07, 6.45) is 0.580. The molecule has 0 saturated carbocycles. The van der Waals surface area contributed by atoms with Crippen molar-refractivity contribution >= 4 is 6.29 Å². The average Bonchev–Trinajstić information content (AvgIpc) is 2.14. The maximum atomic E-state index is 12.8. The number of hydrogen-bond acceptors (Lipinski definition) is 2. The Morgan fingerprint density at radius 1 is 1.46 bits per heavy atom. The maximum absolute atomic E-state index is 12.8. The Labute approximate surface area is 75.6 Å². The van der Waals surface area contributed by atoms with Gasteiger partial charge in [0.05, 0.1) is 6.54 Å². The van der Waals surface area contributed by atoms with Gasteiger partial charge in [-0.25, -0.2) is 4.39 Å². The highest BCUT2D eigenvalue weighted by Crippen LogP contribution is 2.06. The lowest BCUT2D eigenvalue weighted by atomic mass is 10.1. The molecule has 0 spiro atoms. The molecule has 1 rings (SSSR count). The van der Waals surface area contributed by atoms with Gasteiger partial charge in [0.1, 0.15) is 12.1 Å². The Hall–Kier alpha value is -1.66. The molecule has 0 heterocycles. The molecule has 0 aliphatic carbocycles. The summed E-state index contributed by atoms with van der Waals surface area (Å²) < 4.78 is 12.8. The molecule has 2 N–H and O–H groups in total. The van der Waals surface area contributed by atoms with Crippen molar-refractivity contribution in [1.82, 2.24) is 0 Å². The second kappa shape index (κ2) is 4.39. The van der Waals surface area contributed by atoms with E-state index in [1.165, 1.54) is 12.1 Å². The van der Waals surface area contributed by atoms with Gasteiger partial charge in [0.15, 0.2) is 0 Å². The molecule has 13 heavy (non-hydrogen) atoms. The Morgan fingerprint density at radius 2 is 2.23 bits per heavy atom. The Bertz CT molecular complexity index is 376. The van der Waals surface area contributed by atoms with Gasteiger partial charge in [-0.3, -0.25) is 4.79 Å². The van der Waals surface area contributed by atoms with E-state index in [4.69, 9.17) is 5.73 Å². The monoisotopic (exact) mass is 177 g/mol. The number of carbonyl (C=O) groups is 1. The van der Waals surface area contributed by atoms with Gasteiger partial charge < -0.3 is 5.73 Å². The molecular formula is C10H8FNO. The predicted molar refractivity (Wildman–Crippen MR) is 47.7 cm³/mol. The first-order valence-electron chi connectivity index (χ1n) is 3.71. The molecule has 2 nitrogen and oxygen atoms in total. The third-order valence-electron chi connectivity index (χ3n) is 1.39. The van der Waals surface area contributed by atoms with E-state index in [1.54, 1.807) is 0 Å². The normalized spacial score (nSPS) is 8.77. The molecule has 0 radical (unpaired) electrons. The van der Waals surface area contributed by atoms with Crippen molar-refractivity contribution in [2.75, 3.05) is 6.54 Å². The molecule has 0 amide bonds. The Morgan fingerprint density at radius 3 is 2.85 bits per heavy atom. The van der Waals surface area contributed by atoms with E-state index < -0.39 is 5.82 Å². The van der Waals surface area contributed by atoms with Gasteiger partial charge in [0.25, 0.3) is 0 Å². The number of aldehydes is 1. The summed E-state index contributed by atoms with van der Waals surface area (Å²) in [6.45, 7) is 0.215. The van der Waals surface area contributed by atoms with Crippen molar-refractivity contribution in [3.05, 3.63) is 35.1 Å². The standard InChI is InChI=1S/C10H8FNO/c11-10-5-8(2-1-3-12)4-9(6-10)7-13/h4-7H,3,12H2. The van der Waals surface area contributed by atoms with Crippen LogP contribution in [-0.2, 0) is 0 Å². The minimum Gasteiger partial charge on any atom is -0.320 e. The average molecular weight is 177 g/mol. The topological polar surface area (TPSA) is 43.1 Å². The van der Waals surface area contributed by atoms with Gasteiger partial charge in [0, 0.05) is 11.1 Å². The summed E-state index contributed by atoms with van der Waals surface area (Å²) >= 11 is 0. The molecular weight excluding hydrogens is 169 g/mol. The summed E-state index contributed by atoms with van der Waals surface area (Å²) in [5, 5.41) is 0. The van der Waals surface area contributed by atoms with Crippen LogP contribution in [0.15, 0.2) is 18.2 Å². The van der Waals surface area contributed by atoms with Crippen LogP contribution < -0.4 is 5.73 Å². The van der Waals surface area contributed by atoms with E-state index in [9.17, 15) is 9.18 Å². The minimum atomic E-state index is -0.467. The summed E-state index contributed by atoms with van der Waals surface area (Å²) in [7, 11) is 0. The van der Waals surface area contributed by atoms with E-state index in [2.05, 4.69) is 11.8 Å². The number of hydrogen-bond donors (Lipinski definition) is 1. The third-order valence-corrected chi connectivity index (χ3v) is 1.39. The number of benzene rings is 1. The minimum absolute atomic E-state index is 0.215. The zero-order chi connectivity index (χ0) is 9.68. The van der Waals surface area contributed by atoms with E-state index in [0.717, 1.165) is 6.07 Å². The summed E-state index contributed by atoms with van der Waals surface area (Å²) in [6, 6.07) is 3.93. The van der Waals surface area contributed by atoms with Crippen LogP contribution in [-0.4, -0.2) is 12.8 Å². The highest BCUT2D eigenvalue weighted by Gasteiger charge is 1.96. The highest BCUT2D eigenvalue weighted by atomic mass is 19.1. The van der Waals surface area contributed by atoms with E-state index in [0.29, 0.717) is 11.8 Å². The number of nitrogens with two attached hydrogens (primary N) is 1. The van der Waals surface area contributed by atoms with Crippen LogP contribution in [0.5, 0.6) is 0 Å². The van der Waals surface area contributed by atoms with Crippen LogP contribution >= 0.6 is 0 Å². The Balaban J connectivity index is 3.08. The molecule has 0 atom stereocenters. The maximum Gasteiger partial charge on any atom is 0.150 e. The van der Waals surface area contributed by atoms with Crippen LogP contribution in [0.3, 0.4) is 0 Å². The molecule has 0 bridgehead atoms. The zero-order valence-corrected chi connectivity index (χ0v) is 6.88. The number of rotatable bonds is 1. The lowest BCUT2D eigenvalue weighted by Crippen LogP contribution is -1.93. The van der Waals surface area contributed by atoms with Crippen molar-refractivity contribution in [1.29, 1.82) is 0 Å². The van der Waals surface area contributed by atoms with E-state index in [-0.39, 0.29) is 12.1 Å². The molecule has 0 aromatic heterocycles. The van der Waals surface area contributed by atoms with Crippen molar-refractivity contribution in [3.8, 4) is 11.8 Å². The smallest absolute Gasteiger partial charge is 0.150 e. The molecule has 0 aliphatic rings. The molecule has 1 aromatic rings. The van der Waals surface area contributed by atoms with Crippen molar-refractivity contribution in [2.24, 2.45) is 5.73 Å². The molecule has 0 fully saturated rings. The van der Waals surface area contributed by atoms with Gasteiger partial charge in [-0.1, -0.05) is 11.8 Å². The molecule has 3 heteroatoms. The fraction of sp³-hybridized carbons (Fsp3) is 0.100. The predicted octanol–water partition coefficient (Wildman–Crippen LogP) is 0.948. The first-order chi connectivity index (χ1) is 6.26. The second-order valence-corrected chi connectivity index (χ2v) is 2.40.